The smallest absolute Gasteiger partial charge is 0.259 e. The predicted octanol–water partition coefficient (Wildman–Crippen LogP) is 3.90. The first-order chi connectivity index (χ1) is 11.6. The molecule has 0 fully saturated rings. The van der Waals surface area contributed by atoms with Crippen LogP contribution in [0.25, 0.3) is 0 Å². The van der Waals surface area contributed by atoms with Crippen LogP contribution in [0.3, 0.4) is 0 Å². The zero-order chi connectivity index (χ0) is 16.9. The number of hydrogen-bond acceptors (Lipinski definition) is 3. The lowest BCUT2D eigenvalue weighted by atomic mass is 10.2. The fraction of sp³-hybridized carbons (Fsp3) is 0.111. The van der Waals surface area contributed by atoms with Gasteiger partial charge in [-0.15, -0.1) is 0 Å². The molecule has 3 aromatic rings. The van der Waals surface area contributed by atoms with Crippen molar-refractivity contribution in [3.63, 3.8) is 0 Å². The van der Waals surface area contributed by atoms with Crippen LogP contribution >= 0.6 is 11.6 Å². The maximum absolute atomic E-state index is 12.5. The van der Waals surface area contributed by atoms with Gasteiger partial charge in [-0.1, -0.05) is 41.9 Å². The van der Waals surface area contributed by atoms with Gasteiger partial charge in [-0.25, -0.2) is 0 Å². The summed E-state index contributed by atoms with van der Waals surface area (Å²) >= 11 is 6.13. The number of para-hydroxylation sites is 1. The van der Waals surface area contributed by atoms with E-state index < -0.39 is 0 Å². The molecule has 3 rings (SSSR count). The number of aryl methyl sites for hydroxylation is 1. The van der Waals surface area contributed by atoms with Crippen LogP contribution in [0.5, 0.6) is 5.75 Å². The summed E-state index contributed by atoms with van der Waals surface area (Å²) in [6.45, 7) is 0.289. The van der Waals surface area contributed by atoms with Crippen LogP contribution in [-0.2, 0) is 13.7 Å². The molecule has 0 saturated carbocycles. The summed E-state index contributed by atoms with van der Waals surface area (Å²) in [6, 6.07) is 14.5. The fourth-order valence-corrected chi connectivity index (χ4v) is 2.43. The molecular formula is C18H16ClN3O2. The predicted molar refractivity (Wildman–Crippen MR) is 93.4 cm³/mol. The molecule has 0 atom stereocenters. The van der Waals surface area contributed by atoms with Crippen LogP contribution in [0.2, 0.25) is 5.02 Å². The van der Waals surface area contributed by atoms with Gasteiger partial charge in [-0.2, -0.15) is 5.10 Å². The summed E-state index contributed by atoms with van der Waals surface area (Å²) in [6.07, 6.45) is 3.32. The minimum absolute atomic E-state index is 0.252. The van der Waals surface area contributed by atoms with Crippen LogP contribution in [0.1, 0.15) is 15.9 Å². The topological polar surface area (TPSA) is 56.2 Å². The van der Waals surface area contributed by atoms with E-state index in [0.29, 0.717) is 22.0 Å². The molecule has 1 N–H and O–H groups in total. The largest absolute Gasteiger partial charge is 0.488 e. The Bertz CT molecular complexity index is 861. The van der Waals surface area contributed by atoms with E-state index in [9.17, 15) is 4.79 Å². The first-order valence-electron chi connectivity index (χ1n) is 7.39. The lowest BCUT2D eigenvalue weighted by Crippen LogP contribution is -2.13. The Hall–Kier alpha value is -2.79. The SMILES string of the molecule is Cn1cc(NC(=O)c2ccccc2OCc2ccccc2Cl)cn1. The number of amides is 1. The Labute approximate surface area is 144 Å². The third-order valence-corrected chi connectivity index (χ3v) is 3.80. The van der Waals surface area contributed by atoms with Crippen LogP contribution in [-0.4, -0.2) is 15.7 Å². The number of anilines is 1. The number of benzene rings is 2. The van der Waals surface area contributed by atoms with Crippen molar-refractivity contribution >= 4 is 23.2 Å². The Kier molecular flexibility index (Phi) is 4.82. The average Bonchev–Trinajstić information content (AvgIpc) is 2.99. The molecule has 0 radical (unpaired) electrons. The first kappa shape index (κ1) is 16.1. The molecule has 24 heavy (non-hydrogen) atoms. The van der Waals surface area contributed by atoms with Gasteiger partial charge in [0.1, 0.15) is 12.4 Å². The highest BCUT2D eigenvalue weighted by molar-refractivity contribution is 6.31. The zero-order valence-corrected chi connectivity index (χ0v) is 13.8. The number of hydrogen-bond donors (Lipinski definition) is 1. The zero-order valence-electron chi connectivity index (χ0n) is 13.1. The van der Waals surface area contributed by atoms with Gasteiger partial charge >= 0.3 is 0 Å². The number of nitrogens with one attached hydrogen (secondary N) is 1. The molecule has 0 aliphatic heterocycles. The second kappa shape index (κ2) is 7.19. The van der Waals surface area contributed by atoms with E-state index in [1.807, 2.05) is 24.3 Å². The van der Waals surface area contributed by atoms with Gasteiger partial charge in [0.05, 0.1) is 17.4 Å². The molecular weight excluding hydrogens is 326 g/mol. The minimum atomic E-state index is -0.252. The number of ether oxygens (including phenoxy) is 1. The summed E-state index contributed by atoms with van der Waals surface area (Å²) < 4.78 is 7.42. The normalized spacial score (nSPS) is 10.4. The van der Waals surface area contributed by atoms with Crippen molar-refractivity contribution in [2.75, 3.05) is 5.32 Å². The third kappa shape index (κ3) is 3.75. The highest BCUT2D eigenvalue weighted by Gasteiger charge is 2.13. The van der Waals surface area contributed by atoms with Gasteiger partial charge in [-0.05, 0) is 18.2 Å². The Balaban J connectivity index is 1.75. The minimum Gasteiger partial charge on any atom is -0.488 e. The molecule has 6 heteroatoms. The summed E-state index contributed by atoms with van der Waals surface area (Å²) in [7, 11) is 1.79. The summed E-state index contributed by atoms with van der Waals surface area (Å²) in [4.78, 5) is 12.5. The maximum Gasteiger partial charge on any atom is 0.259 e. The van der Waals surface area contributed by atoms with Crippen molar-refractivity contribution < 1.29 is 9.53 Å². The van der Waals surface area contributed by atoms with E-state index in [1.165, 1.54) is 0 Å². The van der Waals surface area contributed by atoms with E-state index in [2.05, 4.69) is 10.4 Å². The molecule has 1 amide bonds. The van der Waals surface area contributed by atoms with Gasteiger partial charge in [0.2, 0.25) is 0 Å². The van der Waals surface area contributed by atoms with Crippen LogP contribution in [0, 0.1) is 0 Å². The van der Waals surface area contributed by atoms with Crippen molar-refractivity contribution in [1.82, 2.24) is 9.78 Å². The van der Waals surface area contributed by atoms with Gasteiger partial charge < -0.3 is 10.1 Å². The van der Waals surface area contributed by atoms with Crippen molar-refractivity contribution in [1.29, 1.82) is 0 Å². The van der Waals surface area contributed by atoms with E-state index >= 15 is 0 Å². The molecule has 0 spiro atoms. The number of nitrogens with zero attached hydrogens (tertiary/aromatic N) is 2. The van der Waals surface area contributed by atoms with E-state index in [1.54, 1.807) is 48.4 Å². The van der Waals surface area contributed by atoms with Crippen molar-refractivity contribution in [2.24, 2.45) is 7.05 Å². The second-order valence-corrected chi connectivity index (χ2v) is 5.64. The summed E-state index contributed by atoms with van der Waals surface area (Å²) in [5.41, 5.74) is 1.94. The molecule has 0 unspecified atom stereocenters. The molecule has 0 bridgehead atoms. The van der Waals surface area contributed by atoms with Crippen molar-refractivity contribution in [3.8, 4) is 5.75 Å². The lowest BCUT2D eigenvalue weighted by molar-refractivity contribution is 0.102. The molecule has 0 aliphatic carbocycles. The van der Waals surface area contributed by atoms with E-state index in [4.69, 9.17) is 16.3 Å². The van der Waals surface area contributed by atoms with Crippen molar-refractivity contribution in [2.45, 2.75) is 6.61 Å². The summed E-state index contributed by atoms with van der Waals surface area (Å²) in [5.74, 6) is 0.247. The fourth-order valence-electron chi connectivity index (χ4n) is 2.24. The first-order valence-corrected chi connectivity index (χ1v) is 7.76. The Morgan fingerprint density at radius 2 is 1.96 bits per heavy atom. The van der Waals surface area contributed by atoms with Gasteiger partial charge in [0, 0.05) is 23.8 Å². The highest BCUT2D eigenvalue weighted by atomic mass is 35.5. The monoisotopic (exact) mass is 341 g/mol. The lowest BCUT2D eigenvalue weighted by Gasteiger charge is -2.12. The summed E-state index contributed by atoms with van der Waals surface area (Å²) in [5, 5.41) is 7.46. The average molecular weight is 342 g/mol. The van der Waals surface area contributed by atoms with Gasteiger partial charge in [0.25, 0.3) is 5.91 Å². The number of aromatic nitrogens is 2. The number of rotatable bonds is 5. The second-order valence-electron chi connectivity index (χ2n) is 5.23. The highest BCUT2D eigenvalue weighted by Crippen LogP contribution is 2.23. The Morgan fingerprint density at radius 3 is 2.71 bits per heavy atom. The van der Waals surface area contributed by atoms with Crippen LogP contribution in [0.15, 0.2) is 60.9 Å². The molecule has 122 valence electrons. The Morgan fingerprint density at radius 1 is 1.21 bits per heavy atom. The number of carbonyl (C=O) groups excluding carboxylic acids is 1. The number of carbonyl (C=O) groups is 1. The molecule has 0 saturated heterocycles. The van der Waals surface area contributed by atoms with E-state index in [-0.39, 0.29) is 12.5 Å². The van der Waals surface area contributed by atoms with Gasteiger partial charge in [0.15, 0.2) is 0 Å². The van der Waals surface area contributed by atoms with Crippen LogP contribution < -0.4 is 10.1 Å². The molecule has 0 aliphatic rings. The van der Waals surface area contributed by atoms with E-state index in [0.717, 1.165) is 5.56 Å². The quantitative estimate of drug-likeness (QED) is 0.765. The van der Waals surface area contributed by atoms with Crippen molar-refractivity contribution in [3.05, 3.63) is 77.1 Å². The third-order valence-electron chi connectivity index (χ3n) is 3.44. The standard InChI is InChI=1S/C18H16ClN3O2/c1-22-11-14(10-20-22)21-18(23)15-7-3-5-9-17(15)24-12-13-6-2-4-8-16(13)19/h2-11H,12H2,1H3,(H,21,23). The molecule has 1 aromatic heterocycles. The van der Waals surface area contributed by atoms with Gasteiger partial charge in [-0.3, -0.25) is 9.48 Å². The number of halogens is 1. The molecule has 1 heterocycles. The molecule has 2 aromatic carbocycles. The molecule has 5 nitrogen and oxygen atoms in total. The van der Waals surface area contributed by atoms with Crippen LogP contribution in [0.4, 0.5) is 5.69 Å². The maximum atomic E-state index is 12.5.